The van der Waals surface area contributed by atoms with E-state index < -0.39 is 29.2 Å². The third-order valence-corrected chi connectivity index (χ3v) is 3.76. The van der Waals surface area contributed by atoms with E-state index in [9.17, 15) is 13.2 Å². The van der Waals surface area contributed by atoms with Crippen molar-refractivity contribution in [2.24, 2.45) is 0 Å². The molecule has 0 amide bonds. The monoisotopic (exact) mass is 369 g/mol. The molecule has 0 fully saturated rings. The number of nitrogens with zero attached hydrogens (tertiary/aromatic N) is 1. The number of ether oxygens (including phenoxy) is 1. The SMILES string of the molecule is CC(C)=CCCC(C)=CCCC(C)=CCOc1c(F)c(O)nc(F)c1F. The molecule has 6 heteroatoms. The molecule has 1 rings (SSSR count). The van der Waals surface area contributed by atoms with E-state index in [2.05, 4.69) is 37.9 Å². The van der Waals surface area contributed by atoms with E-state index in [1.165, 1.54) is 11.1 Å². The van der Waals surface area contributed by atoms with Crippen LogP contribution in [0.25, 0.3) is 0 Å². The maximum Gasteiger partial charge on any atom is 0.256 e. The Labute approximate surface area is 152 Å². The van der Waals surface area contributed by atoms with Crippen molar-refractivity contribution in [1.29, 1.82) is 0 Å². The van der Waals surface area contributed by atoms with Crippen molar-refractivity contribution in [3.63, 3.8) is 0 Å². The van der Waals surface area contributed by atoms with Gasteiger partial charge in [0.2, 0.25) is 17.4 Å². The van der Waals surface area contributed by atoms with Crippen LogP contribution in [-0.4, -0.2) is 16.7 Å². The van der Waals surface area contributed by atoms with Gasteiger partial charge in [0.05, 0.1) is 0 Å². The highest BCUT2D eigenvalue weighted by atomic mass is 19.2. The van der Waals surface area contributed by atoms with Crippen molar-refractivity contribution in [1.82, 2.24) is 4.98 Å². The molecule has 26 heavy (non-hydrogen) atoms. The van der Waals surface area contributed by atoms with Crippen LogP contribution in [0.3, 0.4) is 0 Å². The van der Waals surface area contributed by atoms with E-state index in [4.69, 9.17) is 9.84 Å². The summed E-state index contributed by atoms with van der Waals surface area (Å²) in [4.78, 5) is 2.70. The fraction of sp³-hybridized carbons (Fsp3) is 0.450. The van der Waals surface area contributed by atoms with E-state index in [-0.39, 0.29) is 6.61 Å². The normalized spacial score (nSPS) is 12.3. The summed E-state index contributed by atoms with van der Waals surface area (Å²) in [6.07, 6.45) is 9.73. The van der Waals surface area contributed by atoms with Crippen LogP contribution in [0.2, 0.25) is 0 Å². The fourth-order valence-electron chi connectivity index (χ4n) is 2.22. The number of hydrogen-bond donors (Lipinski definition) is 1. The number of hydrogen-bond acceptors (Lipinski definition) is 3. The molecule has 0 saturated heterocycles. The summed E-state index contributed by atoms with van der Waals surface area (Å²) in [5.74, 6) is -6.76. The number of rotatable bonds is 9. The molecule has 0 bridgehead atoms. The first kappa shape index (κ1) is 21.8. The van der Waals surface area contributed by atoms with Crippen LogP contribution in [-0.2, 0) is 0 Å². The molecule has 3 nitrogen and oxygen atoms in total. The van der Waals surface area contributed by atoms with E-state index in [1.54, 1.807) is 6.08 Å². The molecule has 0 aliphatic rings. The zero-order valence-corrected chi connectivity index (χ0v) is 15.7. The summed E-state index contributed by atoms with van der Waals surface area (Å²) >= 11 is 0. The second kappa shape index (κ2) is 10.7. The van der Waals surface area contributed by atoms with Gasteiger partial charge in [-0.3, -0.25) is 0 Å². The first-order chi connectivity index (χ1) is 12.2. The summed E-state index contributed by atoms with van der Waals surface area (Å²) in [6.45, 7) is 8.00. The van der Waals surface area contributed by atoms with Gasteiger partial charge in [0.25, 0.3) is 11.8 Å². The van der Waals surface area contributed by atoms with Crippen LogP contribution < -0.4 is 4.74 Å². The average molecular weight is 369 g/mol. The van der Waals surface area contributed by atoms with Crippen LogP contribution in [0.5, 0.6) is 11.6 Å². The molecule has 0 unspecified atom stereocenters. The van der Waals surface area contributed by atoms with Gasteiger partial charge in [-0.2, -0.15) is 18.2 Å². The van der Waals surface area contributed by atoms with E-state index in [0.717, 1.165) is 31.3 Å². The van der Waals surface area contributed by atoms with Crippen molar-refractivity contribution in [2.75, 3.05) is 6.61 Å². The van der Waals surface area contributed by atoms with Gasteiger partial charge in [-0.15, -0.1) is 0 Å². The molecule has 0 radical (unpaired) electrons. The Bertz CT molecular complexity index is 679. The number of aromatic hydroxyl groups is 1. The summed E-state index contributed by atoms with van der Waals surface area (Å²) in [5.41, 5.74) is 3.61. The molecule has 1 aromatic heterocycles. The van der Waals surface area contributed by atoms with Crippen LogP contribution in [0.4, 0.5) is 13.2 Å². The first-order valence-electron chi connectivity index (χ1n) is 8.53. The van der Waals surface area contributed by atoms with Crippen LogP contribution in [0.1, 0.15) is 53.4 Å². The molecule has 1 aromatic rings. The highest BCUT2D eigenvalue weighted by Gasteiger charge is 2.21. The molecule has 0 aliphatic carbocycles. The molecule has 0 aliphatic heterocycles. The number of halogens is 3. The van der Waals surface area contributed by atoms with Crippen molar-refractivity contribution in [3.8, 4) is 11.6 Å². The van der Waals surface area contributed by atoms with Gasteiger partial charge >= 0.3 is 0 Å². The Kier molecular flexibility index (Phi) is 8.96. The Morgan fingerprint density at radius 3 is 2.12 bits per heavy atom. The molecule has 144 valence electrons. The van der Waals surface area contributed by atoms with Crippen LogP contribution in [0, 0.1) is 17.6 Å². The maximum absolute atomic E-state index is 13.5. The quantitative estimate of drug-likeness (QED) is 0.429. The molecular weight excluding hydrogens is 343 g/mol. The zero-order valence-electron chi connectivity index (χ0n) is 15.7. The van der Waals surface area contributed by atoms with Crippen LogP contribution >= 0.6 is 0 Å². The Balaban J connectivity index is 2.49. The number of pyridine rings is 1. The minimum absolute atomic E-state index is 0.133. The average Bonchev–Trinajstić information content (AvgIpc) is 2.56. The number of allylic oxidation sites excluding steroid dienone is 5. The topological polar surface area (TPSA) is 42.4 Å². The van der Waals surface area contributed by atoms with Gasteiger partial charge in [0.15, 0.2) is 0 Å². The smallest absolute Gasteiger partial charge is 0.256 e. The summed E-state index contributed by atoms with van der Waals surface area (Å²) in [7, 11) is 0. The van der Waals surface area contributed by atoms with E-state index >= 15 is 0 Å². The van der Waals surface area contributed by atoms with Gasteiger partial charge in [0, 0.05) is 0 Å². The fourth-order valence-corrected chi connectivity index (χ4v) is 2.22. The summed E-state index contributed by atoms with van der Waals surface area (Å²) in [6, 6.07) is 0. The van der Waals surface area contributed by atoms with Gasteiger partial charge < -0.3 is 9.84 Å². The highest BCUT2D eigenvalue weighted by molar-refractivity contribution is 5.31. The third-order valence-electron chi connectivity index (χ3n) is 3.76. The van der Waals surface area contributed by atoms with Crippen molar-refractivity contribution in [2.45, 2.75) is 53.4 Å². The zero-order chi connectivity index (χ0) is 19.7. The van der Waals surface area contributed by atoms with Crippen molar-refractivity contribution >= 4 is 0 Å². The molecule has 1 N–H and O–H groups in total. The largest absolute Gasteiger partial charge is 0.491 e. The Morgan fingerprint density at radius 2 is 1.50 bits per heavy atom. The molecule has 1 heterocycles. The Hall–Kier alpha value is -2.24. The predicted molar refractivity (Wildman–Crippen MR) is 96.7 cm³/mol. The van der Waals surface area contributed by atoms with E-state index in [1.807, 2.05) is 6.92 Å². The minimum Gasteiger partial charge on any atom is -0.491 e. The third kappa shape index (κ3) is 7.33. The molecular formula is C20H26F3NO2. The molecule has 0 saturated carbocycles. The predicted octanol–water partition coefficient (Wildman–Crippen LogP) is 6.00. The van der Waals surface area contributed by atoms with Gasteiger partial charge in [0.1, 0.15) is 6.61 Å². The summed E-state index contributed by atoms with van der Waals surface area (Å²) in [5, 5.41) is 9.08. The lowest BCUT2D eigenvalue weighted by molar-refractivity contribution is 0.289. The lowest BCUT2D eigenvalue weighted by atomic mass is 10.1. The minimum atomic E-state index is -1.60. The van der Waals surface area contributed by atoms with Gasteiger partial charge in [-0.1, -0.05) is 28.9 Å². The van der Waals surface area contributed by atoms with Crippen LogP contribution in [0.15, 0.2) is 34.9 Å². The lowest BCUT2D eigenvalue weighted by Gasteiger charge is -2.08. The number of aromatic nitrogens is 1. The first-order valence-corrected chi connectivity index (χ1v) is 8.53. The second-order valence-electron chi connectivity index (χ2n) is 6.45. The standard InChI is InChI=1S/C20H26F3NO2/c1-13(2)7-5-8-14(3)9-6-10-15(4)11-12-26-18-16(21)19(23)24-20(25)17(18)22/h7,9,11H,5-6,8,10,12H2,1-4H3,(H,24,25). The van der Waals surface area contributed by atoms with Gasteiger partial charge in [-0.25, -0.2) is 0 Å². The highest BCUT2D eigenvalue weighted by Crippen LogP contribution is 2.28. The Morgan fingerprint density at radius 1 is 0.923 bits per heavy atom. The molecule has 0 spiro atoms. The van der Waals surface area contributed by atoms with Gasteiger partial charge in [-0.05, 0) is 59.5 Å². The maximum atomic E-state index is 13.5. The van der Waals surface area contributed by atoms with Crippen molar-refractivity contribution < 1.29 is 23.0 Å². The lowest BCUT2D eigenvalue weighted by Crippen LogP contribution is -2.04. The summed E-state index contributed by atoms with van der Waals surface area (Å²) < 4.78 is 45.0. The van der Waals surface area contributed by atoms with Crippen molar-refractivity contribution in [3.05, 3.63) is 52.5 Å². The molecule has 0 atom stereocenters. The van der Waals surface area contributed by atoms with E-state index in [0.29, 0.717) is 0 Å². The molecule has 0 aromatic carbocycles. The second-order valence-corrected chi connectivity index (χ2v) is 6.45.